The quantitative estimate of drug-likeness (QED) is 0.875. The molecule has 0 aliphatic carbocycles. The van der Waals surface area contributed by atoms with Gasteiger partial charge in [-0.15, -0.1) is 0 Å². The average Bonchev–Trinajstić information content (AvgIpc) is 2.70. The molecule has 4 nitrogen and oxygen atoms in total. The molecule has 0 unspecified atom stereocenters. The molecule has 0 fully saturated rings. The highest BCUT2D eigenvalue weighted by Gasteiger charge is 2.20. The van der Waals surface area contributed by atoms with Crippen LogP contribution in [0.4, 0.5) is 0 Å². The number of carbonyl (C=O) groups is 1. The van der Waals surface area contributed by atoms with Gasteiger partial charge in [0.2, 0.25) is 0 Å². The van der Waals surface area contributed by atoms with E-state index < -0.39 is 5.97 Å². The molecule has 20 heavy (non-hydrogen) atoms. The van der Waals surface area contributed by atoms with Gasteiger partial charge in [0.15, 0.2) is 0 Å². The Hall–Kier alpha value is -1.52. The van der Waals surface area contributed by atoms with Crippen LogP contribution in [-0.2, 0) is 0 Å². The smallest absolute Gasteiger partial charge is 0.0752 e. The Morgan fingerprint density at radius 3 is 2.45 bits per heavy atom. The fourth-order valence-electron chi connectivity index (χ4n) is 2.14. The number of aromatic carboxylic acids is 1. The molecule has 2 rings (SSSR count). The predicted octanol–water partition coefficient (Wildman–Crippen LogP) is 2.97. The summed E-state index contributed by atoms with van der Waals surface area (Å²) < 4.78 is 1.58. The first-order valence-electron chi connectivity index (χ1n) is 6.09. The van der Waals surface area contributed by atoms with Gasteiger partial charge in [-0.05, 0) is 31.0 Å². The first-order chi connectivity index (χ1) is 9.32. The van der Waals surface area contributed by atoms with Crippen LogP contribution in [0, 0.1) is 6.92 Å². The van der Waals surface area contributed by atoms with Crippen LogP contribution >= 0.6 is 23.2 Å². The van der Waals surface area contributed by atoms with Gasteiger partial charge in [-0.3, -0.25) is 0 Å². The molecule has 0 atom stereocenters. The average molecular weight is 312 g/mol. The van der Waals surface area contributed by atoms with Gasteiger partial charge in [0.25, 0.3) is 0 Å². The van der Waals surface area contributed by atoms with Crippen LogP contribution in [0.25, 0.3) is 5.69 Å². The molecular formula is C14H13Cl2N2O2-. The minimum Gasteiger partial charge on any atom is -0.545 e. The number of nitrogens with zero attached hydrogens (tertiary/aromatic N) is 2. The maximum atomic E-state index is 11.3. The number of benzene rings is 1. The summed E-state index contributed by atoms with van der Waals surface area (Å²) >= 11 is 11.9. The fraction of sp³-hybridized carbons (Fsp3) is 0.286. The Morgan fingerprint density at radius 2 is 1.95 bits per heavy atom. The van der Waals surface area contributed by atoms with E-state index in [1.807, 2.05) is 13.8 Å². The SMILES string of the molecule is Cc1nn(-c2ccc(Cl)c(Cl)c2)c(C(C)C)c1C(=O)[O-]. The predicted molar refractivity (Wildman–Crippen MR) is 76.7 cm³/mol. The minimum atomic E-state index is -1.22. The summed E-state index contributed by atoms with van der Waals surface area (Å²) in [7, 11) is 0. The Labute approximate surface area is 126 Å². The highest BCUT2D eigenvalue weighted by atomic mass is 35.5. The first kappa shape index (κ1) is 14.9. The molecule has 6 heteroatoms. The molecule has 0 spiro atoms. The molecule has 2 aromatic rings. The van der Waals surface area contributed by atoms with Crippen molar-refractivity contribution in [2.45, 2.75) is 26.7 Å². The van der Waals surface area contributed by atoms with Crippen LogP contribution in [0.1, 0.15) is 41.5 Å². The van der Waals surface area contributed by atoms with Crippen molar-refractivity contribution in [2.24, 2.45) is 0 Å². The lowest BCUT2D eigenvalue weighted by Crippen LogP contribution is -2.24. The molecule has 0 saturated heterocycles. The number of hydrogen-bond acceptors (Lipinski definition) is 3. The van der Waals surface area contributed by atoms with Gasteiger partial charge < -0.3 is 9.90 Å². The summed E-state index contributed by atoms with van der Waals surface area (Å²) in [4.78, 5) is 11.3. The van der Waals surface area contributed by atoms with Crippen molar-refractivity contribution in [1.29, 1.82) is 0 Å². The fourth-order valence-corrected chi connectivity index (χ4v) is 2.44. The molecular weight excluding hydrogens is 299 g/mol. The van der Waals surface area contributed by atoms with E-state index >= 15 is 0 Å². The third-order valence-electron chi connectivity index (χ3n) is 2.99. The van der Waals surface area contributed by atoms with Crippen LogP contribution in [0.5, 0.6) is 0 Å². The number of carboxylic acid groups (broad SMARTS) is 1. The first-order valence-corrected chi connectivity index (χ1v) is 6.84. The Balaban J connectivity index is 2.71. The Kier molecular flexibility index (Phi) is 4.06. The van der Waals surface area contributed by atoms with Crippen molar-refractivity contribution >= 4 is 29.2 Å². The highest BCUT2D eigenvalue weighted by molar-refractivity contribution is 6.42. The number of hydrogen-bond donors (Lipinski definition) is 0. The molecule has 0 aliphatic rings. The third kappa shape index (κ3) is 2.53. The summed E-state index contributed by atoms with van der Waals surface area (Å²) in [6.07, 6.45) is 0. The number of aryl methyl sites for hydroxylation is 1. The van der Waals surface area contributed by atoms with Crippen molar-refractivity contribution in [3.63, 3.8) is 0 Å². The monoisotopic (exact) mass is 311 g/mol. The Bertz CT molecular complexity index is 678. The number of carboxylic acids is 1. The van der Waals surface area contributed by atoms with E-state index in [2.05, 4.69) is 5.10 Å². The van der Waals surface area contributed by atoms with Crippen LogP contribution in [0.3, 0.4) is 0 Å². The maximum Gasteiger partial charge on any atom is 0.0752 e. The van der Waals surface area contributed by atoms with Gasteiger partial charge in [0.1, 0.15) is 0 Å². The topological polar surface area (TPSA) is 58.0 Å². The second-order valence-corrected chi connectivity index (χ2v) is 5.61. The van der Waals surface area contributed by atoms with Crippen LogP contribution in [-0.4, -0.2) is 15.7 Å². The van der Waals surface area contributed by atoms with Gasteiger partial charge >= 0.3 is 0 Å². The van der Waals surface area contributed by atoms with Crippen molar-refractivity contribution in [3.8, 4) is 5.69 Å². The number of halogens is 2. The van der Waals surface area contributed by atoms with Gasteiger partial charge in [-0.25, -0.2) is 4.68 Å². The number of rotatable bonds is 3. The van der Waals surface area contributed by atoms with Crippen molar-refractivity contribution < 1.29 is 9.90 Å². The summed E-state index contributed by atoms with van der Waals surface area (Å²) in [6.45, 7) is 5.44. The standard InChI is InChI=1S/C14H14Cl2N2O2/c1-7(2)13-12(14(19)20)8(3)17-18(13)9-4-5-10(15)11(16)6-9/h4-7H,1-3H3,(H,19,20)/p-1. The molecule has 0 radical (unpaired) electrons. The largest absolute Gasteiger partial charge is 0.545 e. The zero-order chi connectivity index (χ0) is 15.0. The molecule has 0 bridgehead atoms. The molecule has 0 N–H and O–H groups in total. The molecule has 0 amide bonds. The van der Waals surface area contributed by atoms with E-state index in [4.69, 9.17) is 23.2 Å². The van der Waals surface area contributed by atoms with Crippen LogP contribution in [0.15, 0.2) is 18.2 Å². The normalized spacial score (nSPS) is 11.1. The van der Waals surface area contributed by atoms with Gasteiger partial charge in [0.05, 0.1) is 33.1 Å². The van der Waals surface area contributed by atoms with E-state index in [-0.39, 0.29) is 11.5 Å². The molecule has 0 aliphatic heterocycles. The summed E-state index contributed by atoms with van der Waals surface area (Å²) in [6, 6.07) is 5.05. The van der Waals surface area contributed by atoms with Gasteiger partial charge in [-0.2, -0.15) is 5.10 Å². The van der Waals surface area contributed by atoms with Gasteiger partial charge in [-0.1, -0.05) is 37.0 Å². The number of carbonyl (C=O) groups excluding carboxylic acids is 1. The van der Waals surface area contributed by atoms with Crippen LogP contribution < -0.4 is 5.11 Å². The molecule has 0 saturated carbocycles. The van der Waals surface area contributed by atoms with Crippen molar-refractivity contribution in [3.05, 3.63) is 45.2 Å². The zero-order valence-corrected chi connectivity index (χ0v) is 12.8. The van der Waals surface area contributed by atoms with Gasteiger partial charge in [0, 0.05) is 5.56 Å². The van der Waals surface area contributed by atoms with E-state index in [1.165, 1.54) is 0 Å². The van der Waals surface area contributed by atoms with Crippen molar-refractivity contribution in [1.82, 2.24) is 9.78 Å². The van der Waals surface area contributed by atoms with Crippen molar-refractivity contribution in [2.75, 3.05) is 0 Å². The maximum absolute atomic E-state index is 11.3. The molecule has 1 aromatic carbocycles. The Morgan fingerprint density at radius 1 is 1.30 bits per heavy atom. The summed E-state index contributed by atoms with van der Waals surface area (Å²) in [5.74, 6) is -1.25. The molecule has 1 heterocycles. The minimum absolute atomic E-state index is 0.0291. The summed E-state index contributed by atoms with van der Waals surface area (Å²) in [5.41, 5.74) is 1.80. The second-order valence-electron chi connectivity index (χ2n) is 4.80. The second kappa shape index (κ2) is 5.46. The van der Waals surface area contributed by atoms with Crippen LogP contribution in [0.2, 0.25) is 10.0 Å². The van der Waals surface area contributed by atoms with E-state index in [9.17, 15) is 9.90 Å². The van der Waals surface area contributed by atoms with E-state index in [0.29, 0.717) is 27.1 Å². The van der Waals surface area contributed by atoms with E-state index in [1.54, 1.807) is 29.8 Å². The highest BCUT2D eigenvalue weighted by Crippen LogP contribution is 2.29. The molecule has 1 aromatic heterocycles. The zero-order valence-electron chi connectivity index (χ0n) is 11.3. The number of aromatic nitrogens is 2. The lowest BCUT2D eigenvalue weighted by molar-refractivity contribution is -0.255. The third-order valence-corrected chi connectivity index (χ3v) is 3.73. The lowest BCUT2D eigenvalue weighted by Gasteiger charge is -2.13. The summed E-state index contributed by atoms with van der Waals surface area (Å²) in [5, 5.41) is 16.4. The van der Waals surface area contributed by atoms with E-state index in [0.717, 1.165) is 0 Å². The lowest BCUT2D eigenvalue weighted by atomic mass is 10.0. The molecule has 106 valence electrons.